The second-order valence-corrected chi connectivity index (χ2v) is 6.17. The Morgan fingerprint density at radius 1 is 1.33 bits per heavy atom. The van der Waals surface area contributed by atoms with Gasteiger partial charge in [-0.15, -0.1) is 0 Å². The van der Waals surface area contributed by atoms with Crippen LogP contribution in [0, 0.1) is 0 Å². The monoisotopic (exact) mass is 288 g/mol. The van der Waals surface area contributed by atoms with E-state index in [1.807, 2.05) is 0 Å². The highest BCUT2D eigenvalue weighted by atomic mass is 16.6. The molecule has 0 saturated carbocycles. The van der Waals surface area contributed by atoms with Crippen LogP contribution in [0.1, 0.15) is 42.4 Å². The molecule has 0 spiro atoms. The van der Waals surface area contributed by atoms with Crippen molar-refractivity contribution < 1.29 is 19.1 Å². The summed E-state index contributed by atoms with van der Waals surface area (Å²) in [5, 5.41) is 0. The number of Topliss-reactive ketones (excluding diaryl/α,β-unsaturated/α-hetero) is 1. The zero-order valence-electron chi connectivity index (χ0n) is 12.1. The van der Waals surface area contributed by atoms with Crippen molar-refractivity contribution in [3.05, 3.63) is 29.1 Å². The number of H-pyrrole nitrogens is 1. The Kier molecular flexibility index (Phi) is 2.79. The van der Waals surface area contributed by atoms with E-state index in [4.69, 9.17) is 4.74 Å². The van der Waals surface area contributed by atoms with Gasteiger partial charge in [-0.25, -0.2) is 4.79 Å². The van der Waals surface area contributed by atoms with E-state index in [2.05, 4.69) is 4.98 Å². The standard InChI is InChI=1S/C15H16N2O4/c1-15(2,3)21-14(20)17-5-4-8-7-16-12-11(8)9(17)6-10(18)13(12)19/h6-7,16H,4-5H2,1-3H3. The Morgan fingerprint density at radius 3 is 2.71 bits per heavy atom. The van der Waals surface area contributed by atoms with Gasteiger partial charge in [0.1, 0.15) is 11.3 Å². The first-order valence-corrected chi connectivity index (χ1v) is 6.79. The number of ether oxygens (including phenoxy) is 1. The van der Waals surface area contributed by atoms with E-state index in [-0.39, 0.29) is 5.69 Å². The lowest BCUT2D eigenvalue weighted by Crippen LogP contribution is -2.40. The molecule has 0 atom stereocenters. The van der Waals surface area contributed by atoms with Gasteiger partial charge in [0.25, 0.3) is 0 Å². The number of aromatic amines is 1. The lowest BCUT2D eigenvalue weighted by Gasteiger charge is -2.33. The van der Waals surface area contributed by atoms with Crippen LogP contribution in [0.25, 0.3) is 5.70 Å². The third-order valence-electron chi connectivity index (χ3n) is 3.45. The van der Waals surface area contributed by atoms with Crippen molar-refractivity contribution in [1.29, 1.82) is 0 Å². The van der Waals surface area contributed by atoms with Crippen molar-refractivity contribution >= 4 is 23.4 Å². The van der Waals surface area contributed by atoms with E-state index >= 15 is 0 Å². The van der Waals surface area contributed by atoms with Gasteiger partial charge in [0.15, 0.2) is 0 Å². The van der Waals surface area contributed by atoms with Gasteiger partial charge in [0, 0.05) is 24.4 Å². The molecule has 1 N–H and O–H groups in total. The summed E-state index contributed by atoms with van der Waals surface area (Å²) in [5.41, 5.74) is 1.69. The van der Waals surface area contributed by atoms with Gasteiger partial charge in [0.2, 0.25) is 11.6 Å². The predicted molar refractivity (Wildman–Crippen MR) is 74.8 cm³/mol. The SMILES string of the molecule is CC(C)(C)OC(=O)N1CCc2c[nH]c3c2C1=CC(=O)C3=O. The fourth-order valence-electron chi connectivity index (χ4n) is 2.59. The van der Waals surface area contributed by atoms with Gasteiger partial charge >= 0.3 is 6.09 Å². The smallest absolute Gasteiger partial charge is 0.414 e. The number of ketones is 2. The highest BCUT2D eigenvalue weighted by Crippen LogP contribution is 2.35. The molecular weight excluding hydrogens is 272 g/mol. The number of carbonyl (C=O) groups is 3. The largest absolute Gasteiger partial charge is 0.443 e. The van der Waals surface area contributed by atoms with Gasteiger partial charge in [0.05, 0.1) is 5.70 Å². The highest BCUT2D eigenvalue weighted by molar-refractivity contribution is 6.50. The van der Waals surface area contributed by atoms with Crippen LogP contribution < -0.4 is 0 Å². The molecule has 0 radical (unpaired) electrons. The third kappa shape index (κ3) is 2.16. The average molecular weight is 288 g/mol. The summed E-state index contributed by atoms with van der Waals surface area (Å²) in [6.45, 7) is 5.77. The van der Waals surface area contributed by atoms with Crippen molar-refractivity contribution in [1.82, 2.24) is 9.88 Å². The molecule has 6 nitrogen and oxygen atoms in total. The van der Waals surface area contributed by atoms with Crippen LogP contribution in [0.5, 0.6) is 0 Å². The van der Waals surface area contributed by atoms with Crippen molar-refractivity contribution in [2.45, 2.75) is 32.8 Å². The minimum absolute atomic E-state index is 0.265. The summed E-state index contributed by atoms with van der Waals surface area (Å²) in [6, 6.07) is 0. The van der Waals surface area contributed by atoms with Gasteiger partial charge in [-0.1, -0.05) is 0 Å². The lowest BCUT2D eigenvalue weighted by atomic mass is 9.91. The molecule has 6 heteroatoms. The minimum atomic E-state index is -0.624. The molecule has 1 aromatic rings. The number of nitrogens with zero attached hydrogens (tertiary/aromatic N) is 1. The maximum atomic E-state index is 12.3. The topological polar surface area (TPSA) is 79.5 Å². The first-order chi connectivity index (χ1) is 9.78. The first-order valence-electron chi connectivity index (χ1n) is 6.79. The molecular formula is C15H16N2O4. The van der Waals surface area contributed by atoms with Crippen LogP contribution in [0.3, 0.4) is 0 Å². The summed E-state index contributed by atoms with van der Waals surface area (Å²) in [6.07, 6.45) is 3.06. The average Bonchev–Trinajstić information content (AvgIpc) is 2.79. The van der Waals surface area contributed by atoms with Crippen LogP contribution >= 0.6 is 0 Å². The minimum Gasteiger partial charge on any atom is -0.443 e. The number of amides is 1. The number of nitrogens with one attached hydrogen (secondary N) is 1. The van der Waals surface area contributed by atoms with Gasteiger partial charge < -0.3 is 9.72 Å². The quantitative estimate of drug-likeness (QED) is 0.740. The van der Waals surface area contributed by atoms with Crippen molar-refractivity contribution in [3.63, 3.8) is 0 Å². The number of rotatable bonds is 0. The van der Waals surface area contributed by atoms with Gasteiger partial charge in [-0.3, -0.25) is 14.5 Å². The third-order valence-corrected chi connectivity index (χ3v) is 3.45. The molecule has 1 aromatic heterocycles. The van der Waals surface area contributed by atoms with Crippen molar-refractivity contribution in [2.24, 2.45) is 0 Å². The summed E-state index contributed by atoms with van der Waals surface area (Å²) in [4.78, 5) is 40.2. The Bertz CT molecular complexity index is 691. The van der Waals surface area contributed by atoms with Crippen LogP contribution in [0.2, 0.25) is 0 Å². The van der Waals surface area contributed by atoms with E-state index in [0.717, 1.165) is 5.56 Å². The molecule has 0 unspecified atom stereocenters. The Balaban J connectivity index is 2.02. The highest BCUT2D eigenvalue weighted by Gasteiger charge is 2.38. The molecule has 2 aliphatic rings. The summed E-state index contributed by atoms with van der Waals surface area (Å²) in [7, 11) is 0. The molecule has 21 heavy (non-hydrogen) atoms. The summed E-state index contributed by atoms with van der Waals surface area (Å²) in [5.74, 6) is -1.19. The van der Waals surface area contributed by atoms with Crippen LogP contribution in [0.4, 0.5) is 4.79 Å². The van der Waals surface area contributed by atoms with Crippen LogP contribution in [-0.4, -0.2) is 39.7 Å². The second kappa shape index (κ2) is 4.31. The summed E-state index contributed by atoms with van der Waals surface area (Å²) < 4.78 is 5.37. The molecule has 1 aliphatic carbocycles. The number of carbonyl (C=O) groups excluding carboxylic acids is 3. The number of hydrogen-bond donors (Lipinski definition) is 1. The lowest BCUT2D eigenvalue weighted by molar-refractivity contribution is -0.111. The molecule has 0 aromatic carbocycles. The van der Waals surface area contributed by atoms with Gasteiger partial charge in [-0.2, -0.15) is 0 Å². The molecule has 2 heterocycles. The maximum Gasteiger partial charge on any atom is 0.414 e. The van der Waals surface area contributed by atoms with E-state index in [9.17, 15) is 14.4 Å². The fraction of sp³-hybridized carbons (Fsp3) is 0.400. The first kappa shape index (κ1) is 13.6. The van der Waals surface area contributed by atoms with E-state index in [0.29, 0.717) is 24.2 Å². The van der Waals surface area contributed by atoms with E-state index in [1.165, 1.54) is 11.0 Å². The van der Waals surface area contributed by atoms with Gasteiger partial charge in [-0.05, 0) is 32.8 Å². The zero-order chi connectivity index (χ0) is 15.4. The van der Waals surface area contributed by atoms with E-state index < -0.39 is 23.3 Å². The number of hydrogen-bond acceptors (Lipinski definition) is 4. The molecule has 1 aliphatic heterocycles. The summed E-state index contributed by atoms with van der Waals surface area (Å²) >= 11 is 0. The molecule has 110 valence electrons. The zero-order valence-corrected chi connectivity index (χ0v) is 12.1. The second-order valence-electron chi connectivity index (χ2n) is 6.17. The normalized spacial score (nSPS) is 17.5. The molecule has 3 rings (SSSR count). The van der Waals surface area contributed by atoms with Crippen molar-refractivity contribution in [3.8, 4) is 0 Å². The van der Waals surface area contributed by atoms with Crippen molar-refractivity contribution in [2.75, 3.05) is 6.54 Å². The number of aromatic nitrogens is 1. The Hall–Kier alpha value is -2.37. The molecule has 1 amide bonds. The van der Waals surface area contributed by atoms with Crippen LogP contribution in [-0.2, 0) is 16.0 Å². The Labute approximate surface area is 121 Å². The van der Waals surface area contributed by atoms with Crippen LogP contribution in [0.15, 0.2) is 12.3 Å². The van der Waals surface area contributed by atoms with E-state index in [1.54, 1.807) is 27.0 Å². The fourth-order valence-corrected chi connectivity index (χ4v) is 2.59. The molecule has 0 saturated heterocycles. The maximum absolute atomic E-state index is 12.3. The molecule has 0 bridgehead atoms. The Morgan fingerprint density at radius 2 is 2.05 bits per heavy atom. The molecule has 0 fully saturated rings. The predicted octanol–water partition coefficient (Wildman–Crippen LogP) is 1.91. The number of allylic oxidation sites excluding steroid dienone is 1.